The van der Waals surface area contributed by atoms with Gasteiger partial charge < -0.3 is 20.3 Å². The summed E-state index contributed by atoms with van der Waals surface area (Å²) in [5.74, 6) is -1.70. The number of benzene rings is 2. The van der Waals surface area contributed by atoms with Gasteiger partial charge in [-0.25, -0.2) is 9.18 Å². The van der Waals surface area contributed by atoms with Crippen molar-refractivity contribution in [2.24, 2.45) is 0 Å². The molecule has 1 saturated heterocycles. The number of hydrogen-bond acceptors (Lipinski definition) is 5. The number of hydrogen-bond donors (Lipinski definition) is 2. The lowest BCUT2D eigenvalue weighted by atomic mass is 10.1. The molecule has 0 aromatic heterocycles. The first-order chi connectivity index (χ1) is 14.0. The van der Waals surface area contributed by atoms with E-state index in [2.05, 4.69) is 10.6 Å². The van der Waals surface area contributed by atoms with Crippen molar-refractivity contribution in [3.63, 3.8) is 0 Å². The molecule has 0 spiro atoms. The van der Waals surface area contributed by atoms with Gasteiger partial charge in [-0.1, -0.05) is 18.2 Å². The molecule has 150 valence electrons. The minimum Gasteiger partial charge on any atom is -0.452 e. The molecule has 2 heterocycles. The van der Waals surface area contributed by atoms with Gasteiger partial charge in [-0.3, -0.25) is 9.59 Å². The zero-order valence-electron chi connectivity index (χ0n) is 15.6. The van der Waals surface area contributed by atoms with E-state index < -0.39 is 24.3 Å². The predicted molar refractivity (Wildman–Crippen MR) is 104 cm³/mol. The van der Waals surface area contributed by atoms with Crippen molar-refractivity contribution in [3.8, 4) is 0 Å². The molecule has 0 aliphatic carbocycles. The van der Waals surface area contributed by atoms with Crippen molar-refractivity contribution in [3.05, 3.63) is 59.4 Å². The number of carbonyl (C=O) groups excluding carboxylic acids is 3. The van der Waals surface area contributed by atoms with Crippen molar-refractivity contribution in [2.45, 2.75) is 25.4 Å². The molecule has 2 amide bonds. The Balaban J connectivity index is 1.34. The van der Waals surface area contributed by atoms with Crippen LogP contribution in [0.2, 0.25) is 0 Å². The van der Waals surface area contributed by atoms with Crippen LogP contribution < -0.4 is 15.5 Å². The Hall–Kier alpha value is -3.42. The van der Waals surface area contributed by atoms with Gasteiger partial charge in [0, 0.05) is 18.7 Å². The van der Waals surface area contributed by atoms with Gasteiger partial charge >= 0.3 is 5.97 Å². The highest BCUT2D eigenvalue weighted by Crippen LogP contribution is 2.37. The average Bonchev–Trinajstić information content (AvgIpc) is 3.22. The van der Waals surface area contributed by atoms with Crippen LogP contribution in [0.1, 0.15) is 28.8 Å². The maximum atomic E-state index is 13.6. The third kappa shape index (κ3) is 3.91. The first-order valence-electron chi connectivity index (χ1n) is 9.42. The lowest BCUT2D eigenvalue weighted by molar-refractivity contribution is -0.124. The zero-order chi connectivity index (χ0) is 20.4. The van der Waals surface area contributed by atoms with E-state index in [0.717, 1.165) is 25.1 Å². The predicted octanol–water partition coefficient (Wildman–Crippen LogP) is 2.22. The van der Waals surface area contributed by atoms with Gasteiger partial charge in [0.2, 0.25) is 5.91 Å². The molecule has 0 bridgehead atoms. The molecular formula is C21H20FN3O4. The number of nitrogens with one attached hydrogen (secondary N) is 2. The minimum absolute atomic E-state index is 0.00490. The average molecular weight is 397 g/mol. The Labute approximate surface area is 166 Å². The molecule has 1 fully saturated rings. The molecule has 0 unspecified atom stereocenters. The van der Waals surface area contributed by atoms with E-state index in [9.17, 15) is 18.8 Å². The fourth-order valence-electron chi connectivity index (χ4n) is 3.66. The first kappa shape index (κ1) is 18.9. The molecule has 7 nitrogen and oxygen atoms in total. The molecule has 0 saturated carbocycles. The smallest absolute Gasteiger partial charge is 0.338 e. The fourth-order valence-corrected chi connectivity index (χ4v) is 3.66. The zero-order valence-corrected chi connectivity index (χ0v) is 15.6. The lowest BCUT2D eigenvalue weighted by Crippen LogP contribution is -2.43. The summed E-state index contributed by atoms with van der Waals surface area (Å²) in [6, 6.07) is 10.9. The number of anilines is 2. The molecule has 1 atom stereocenters. The van der Waals surface area contributed by atoms with Crippen molar-refractivity contribution in [2.75, 3.05) is 23.4 Å². The molecule has 2 N–H and O–H groups in total. The molecule has 8 heteroatoms. The van der Waals surface area contributed by atoms with Crippen molar-refractivity contribution in [1.82, 2.24) is 5.32 Å². The highest BCUT2D eigenvalue weighted by atomic mass is 19.1. The van der Waals surface area contributed by atoms with E-state index in [4.69, 9.17) is 4.74 Å². The topological polar surface area (TPSA) is 87.7 Å². The Kier molecular flexibility index (Phi) is 5.16. The van der Waals surface area contributed by atoms with Crippen molar-refractivity contribution >= 4 is 29.2 Å². The summed E-state index contributed by atoms with van der Waals surface area (Å²) in [6.45, 7) is 0.326. The lowest BCUT2D eigenvalue weighted by Gasteiger charge is -2.33. The summed E-state index contributed by atoms with van der Waals surface area (Å²) >= 11 is 0. The standard InChI is InChI=1S/C21H20FN3O4/c22-15-5-2-1-4-14(15)11-23-19(26)12-29-21(28)13-7-8-17-16(10-13)24-20(27)18-6-3-9-25(17)18/h1-2,4-5,7-8,10,18H,3,6,9,11-12H2,(H,23,26)(H,24,27)/t18-/m1/s1. The van der Waals surface area contributed by atoms with Gasteiger partial charge in [-0.15, -0.1) is 0 Å². The largest absolute Gasteiger partial charge is 0.452 e. The van der Waals surface area contributed by atoms with Crippen LogP contribution in [0.5, 0.6) is 0 Å². The van der Waals surface area contributed by atoms with Crippen molar-refractivity contribution < 1.29 is 23.5 Å². The molecule has 2 aromatic carbocycles. The summed E-state index contributed by atoms with van der Waals surface area (Å²) < 4.78 is 18.6. The Bertz CT molecular complexity index is 978. The number of amides is 2. The van der Waals surface area contributed by atoms with Gasteiger partial charge in [0.05, 0.1) is 16.9 Å². The minimum atomic E-state index is -0.674. The Morgan fingerprint density at radius 1 is 1.24 bits per heavy atom. The second-order valence-corrected chi connectivity index (χ2v) is 7.02. The fraction of sp³-hybridized carbons (Fsp3) is 0.286. The monoisotopic (exact) mass is 397 g/mol. The third-order valence-corrected chi connectivity index (χ3v) is 5.12. The second kappa shape index (κ2) is 7.90. The third-order valence-electron chi connectivity index (χ3n) is 5.12. The highest BCUT2D eigenvalue weighted by molar-refractivity contribution is 6.05. The van der Waals surface area contributed by atoms with Gasteiger partial charge in [-0.05, 0) is 37.1 Å². The number of fused-ring (bicyclic) bond motifs is 3. The van der Waals surface area contributed by atoms with E-state index in [1.807, 2.05) is 4.90 Å². The van der Waals surface area contributed by atoms with Gasteiger partial charge in [0.15, 0.2) is 6.61 Å². The van der Waals surface area contributed by atoms with E-state index in [1.54, 1.807) is 36.4 Å². The van der Waals surface area contributed by atoms with Crippen LogP contribution >= 0.6 is 0 Å². The van der Waals surface area contributed by atoms with Crippen molar-refractivity contribution in [1.29, 1.82) is 0 Å². The van der Waals surface area contributed by atoms with Gasteiger partial charge in [0.25, 0.3) is 5.91 Å². The summed E-state index contributed by atoms with van der Waals surface area (Å²) in [5.41, 5.74) is 2.03. The molecule has 2 aromatic rings. The highest BCUT2D eigenvalue weighted by Gasteiger charge is 2.36. The van der Waals surface area contributed by atoms with Crippen LogP contribution in [0, 0.1) is 5.82 Å². The first-order valence-corrected chi connectivity index (χ1v) is 9.42. The normalized spacial score (nSPS) is 17.2. The molecule has 0 radical (unpaired) electrons. The number of rotatable bonds is 5. The van der Waals surface area contributed by atoms with Gasteiger partial charge in [-0.2, -0.15) is 0 Å². The Morgan fingerprint density at radius 3 is 2.90 bits per heavy atom. The second-order valence-electron chi connectivity index (χ2n) is 7.02. The van der Waals surface area contributed by atoms with Crippen LogP contribution in [-0.2, 0) is 20.9 Å². The van der Waals surface area contributed by atoms with Crippen LogP contribution in [-0.4, -0.2) is 37.0 Å². The number of nitrogens with zero attached hydrogens (tertiary/aromatic N) is 1. The quantitative estimate of drug-likeness (QED) is 0.756. The van der Waals surface area contributed by atoms with Crippen LogP contribution in [0.3, 0.4) is 0 Å². The molecule has 4 rings (SSSR count). The van der Waals surface area contributed by atoms with Crippen LogP contribution in [0.25, 0.3) is 0 Å². The van der Waals surface area contributed by atoms with E-state index >= 15 is 0 Å². The summed E-state index contributed by atoms with van der Waals surface area (Å²) in [6.07, 6.45) is 1.76. The molecule has 29 heavy (non-hydrogen) atoms. The SMILES string of the molecule is O=C(COC(=O)c1ccc2c(c1)NC(=O)[C@H]1CCCN21)NCc1ccccc1F. The van der Waals surface area contributed by atoms with E-state index in [1.165, 1.54) is 6.07 Å². The maximum absolute atomic E-state index is 13.6. The van der Waals surface area contributed by atoms with Crippen LogP contribution in [0.4, 0.5) is 15.8 Å². The van der Waals surface area contributed by atoms with Gasteiger partial charge in [0.1, 0.15) is 11.9 Å². The number of esters is 1. The summed E-state index contributed by atoms with van der Waals surface area (Å²) in [7, 11) is 0. The molecule has 2 aliphatic rings. The number of ether oxygens (including phenoxy) is 1. The number of halogens is 1. The maximum Gasteiger partial charge on any atom is 0.338 e. The molecular weight excluding hydrogens is 377 g/mol. The van der Waals surface area contributed by atoms with E-state index in [-0.39, 0.29) is 24.1 Å². The van der Waals surface area contributed by atoms with Crippen LogP contribution in [0.15, 0.2) is 42.5 Å². The Morgan fingerprint density at radius 2 is 2.07 bits per heavy atom. The molecule has 2 aliphatic heterocycles. The summed E-state index contributed by atoms with van der Waals surface area (Å²) in [5, 5.41) is 5.34. The summed E-state index contributed by atoms with van der Waals surface area (Å²) in [4.78, 5) is 38.4. The number of carbonyl (C=O) groups is 3. The van der Waals surface area contributed by atoms with E-state index in [0.29, 0.717) is 11.3 Å².